The Hall–Kier alpha value is -1.13. The fourth-order valence-corrected chi connectivity index (χ4v) is 1.09. The van der Waals surface area contributed by atoms with Gasteiger partial charge in [0.15, 0.2) is 0 Å². The quantitative estimate of drug-likeness (QED) is 0.595. The SMILES string of the molecule is C[C@H](O)[C@H](N)c1cc(F)ccc1N. The first kappa shape index (κ1) is 9.95. The van der Waals surface area contributed by atoms with E-state index in [0.29, 0.717) is 11.3 Å². The first-order chi connectivity index (χ1) is 6.02. The van der Waals surface area contributed by atoms with Crippen LogP contribution in [0.2, 0.25) is 0 Å². The number of nitrogen functional groups attached to an aromatic ring is 1. The molecule has 1 aromatic carbocycles. The molecule has 0 spiro atoms. The van der Waals surface area contributed by atoms with Crippen molar-refractivity contribution >= 4 is 5.69 Å². The maximum atomic E-state index is 12.8. The maximum absolute atomic E-state index is 12.8. The molecule has 0 fully saturated rings. The van der Waals surface area contributed by atoms with Crippen LogP contribution in [0.4, 0.5) is 10.1 Å². The first-order valence-corrected chi connectivity index (χ1v) is 4.01. The number of aliphatic hydroxyl groups is 1. The molecule has 0 radical (unpaired) electrons. The van der Waals surface area contributed by atoms with E-state index in [-0.39, 0.29) is 0 Å². The van der Waals surface area contributed by atoms with E-state index in [2.05, 4.69) is 0 Å². The highest BCUT2D eigenvalue weighted by Crippen LogP contribution is 2.21. The van der Waals surface area contributed by atoms with Crippen LogP contribution in [-0.4, -0.2) is 11.2 Å². The predicted molar refractivity (Wildman–Crippen MR) is 49.4 cm³/mol. The summed E-state index contributed by atoms with van der Waals surface area (Å²) in [7, 11) is 0. The third-order valence-corrected chi connectivity index (χ3v) is 1.93. The summed E-state index contributed by atoms with van der Waals surface area (Å²) >= 11 is 0. The summed E-state index contributed by atoms with van der Waals surface area (Å²) in [6.07, 6.45) is -0.746. The first-order valence-electron chi connectivity index (χ1n) is 4.01. The van der Waals surface area contributed by atoms with E-state index < -0.39 is 18.0 Å². The van der Waals surface area contributed by atoms with Gasteiger partial charge in [0.1, 0.15) is 5.82 Å². The second kappa shape index (κ2) is 3.72. The third kappa shape index (κ3) is 2.17. The van der Waals surface area contributed by atoms with Crippen molar-refractivity contribution in [2.45, 2.75) is 19.1 Å². The monoisotopic (exact) mass is 184 g/mol. The van der Waals surface area contributed by atoms with Gasteiger partial charge in [0.05, 0.1) is 12.1 Å². The molecule has 1 aromatic rings. The van der Waals surface area contributed by atoms with Crippen molar-refractivity contribution in [2.24, 2.45) is 5.73 Å². The number of hydrogen-bond donors (Lipinski definition) is 3. The van der Waals surface area contributed by atoms with Gasteiger partial charge in [-0.15, -0.1) is 0 Å². The Bertz CT molecular complexity index is 302. The largest absolute Gasteiger partial charge is 0.398 e. The van der Waals surface area contributed by atoms with Gasteiger partial charge in [0.25, 0.3) is 0 Å². The number of aliphatic hydroxyl groups excluding tert-OH is 1. The molecule has 0 aliphatic carbocycles. The molecule has 0 amide bonds. The van der Waals surface area contributed by atoms with Crippen LogP contribution in [0.15, 0.2) is 18.2 Å². The average molecular weight is 184 g/mol. The van der Waals surface area contributed by atoms with Gasteiger partial charge < -0.3 is 16.6 Å². The Balaban J connectivity index is 3.05. The molecule has 13 heavy (non-hydrogen) atoms. The van der Waals surface area contributed by atoms with Crippen LogP contribution in [0.3, 0.4) is 0 Å². The minimum atomic E-state index is -0.746. The highest BCUT2D eigenvalue weighted by molar-refractivity contribution is 5.48. The van der Waals surface area contributed by atoms with E-state index in [1.54, 1.807) is 0 Å². The van der Waals surface area contributed by atoms with Gasteiger partial charge in [-0.05, 0) is 30.7 Å². The molecule has 5 N–H and O–H groups in total. The molecular weight excluding hydrogens is 171 g/mol. The van der Waals surface area contributed by atoms with E-state index in [0.717, 1.165) is 0 Å². The smallest absolute Gasteiger partial charge is 0.123 e. The van der Waals surface area contributed by atoms with E-state index in [9.17, 15) is 9.50 Å². The zero-order chi connectivity index (χ0) is 10.0. The summed E-state index contributed by atoms with van der Waals surface area (Å²) in [5.74, 6) is -0.402. The molecule has 3 nitrogen and oxygen atoms in total. The van der Waals surface area contributed by atoms with Gasteiger partial charge >= 0.3 is 0 Å². The summed E-state index contributed by atoms with van der Waals surface area (Å²) < 4.78 is 12.8. The Morgan fingerprint density at radius 2 is 2.08 bits per heavy atom. The van der Waals surface area contributed by atoms with Crippen LogP contribution >= 0.6 is 0 Å². The van der Waals surface area contributed by atoms with E-state index in [1.807, 2.05) is 0 Å². The highest BCUT2D eigenvalue weighted by atomic mass is 19.1. The molecule has 0 aliphatic heterocycles. The topological polar surface area (TPSA) is 72.3 Å². The summed E-state index contributed by atoms with van der Waals surface area (Å²) in [6, 6.07) is 3.29. The Labute approximate surface area is 76.2 Å². The molecule has 1 rings (SSSR count). The lowest BCUT2D eigenvalue weighted by Gasteiger charge is -2.16. The van der Waals surface area contributed by atoms with E-state index in [1.165, 1.54) is 25.1 Å². The molecule has 0 unspecified atom stereocenters. The summed E-state index contributed by atoms with van der Waals surface area (Å²) in [4.78, 5) is 0. The van der Waals surface area contributed by atoms with E-state index in [4.69, 9.17) is 11.5 Å². The van der Waals surface area contributed by atoms with Crippen molar-refractivity contribution in [2.75, 3.05) is 5.73 Å². The molecule has 2 atom stereocenters. The van der Waals surface area contributed by atoms with Gasteiger partial charge in [-0.25, -0.2) is 4.39 Å². The summed E-state index contributed by atoms with van der Waals surface area (Å²) in [6.45, 7) is 1.54. The van der Waals surface area contributed by atoms with Crippen LogP contribution in [0.5, 0.6) is 0 Å². The molecular formula is C9H13FN2O. The van der Waals surface area contributed by atoms with Gasteiger partial charge in [0, 0.05) is 5.69 Å². The number of halogens is 1. The second-order valence-electron chi connectivity index (χ2n) is 3.04. The predicted octanol–water partition coefficient (Wildman–Crippen LogP) is 0.789. The number of nitrogens with two attached hydrogens (primary N) is 2. The molecule has 0 aromatic heterocycles. The van der Waals surface area contributed by atoms with Crippen LogP contribution in [0.25, 0.3) is 0 Å². The molecule has 0 heterocycles. The average Bonchev–Trinajstić information content (AvgIpc) is 2.08. The minimum absolute atomic E-state index is 0.398. The van der Waals surface area contributed by atoms with Crippen LogP contribution in [0.1, 0.15) is 18.5 Å². The zero-order valence-corrected chi connectivity index (χ0v) is 7.37. The lowest BCUT2D eigenvalue weighted by molar-refractivity contribution is 0.164. The second-order valence-corrected chi connectivity index (χ2v) is 3.04. The van der Waals surface area contributed by atoms with Gasteiger partial charge in [-0.3, -0.25) is 0 Å². The number of benzene rings is 1. The van der Waals surface area contributed by atoms with Crippen LogP contribution in [0, 0.1) is 5.82 Å². The number of rotatable bonds is 2. The lowest BCUT2D eigenvalue weighted by Crippen LogP contribution is -2.24. The molecule has 0 saturated heterocycles. The normalized spacial score (nSPS) is 15.4. The number of hydrogen-bond acceptors (Lipinski definition) is 3. The fourth-order valence-electron chi connectivity index (χ4n) is 1.09. The van der Waals surface area contributed by atoms with Gasteiger partial charge in [0.2, 0.25) is 0 Å². The van der Waals surface area contributed by atoms with Crippen LogP contribution in [-0.2, 0) is 0 Å². The van der Waals surface area contributed by atoms with Crippen LogP contribution < -0.4 is 11.5 Å². The zero-order valence-electron chi connectivity index (χ0n) is 7.37. The maximum Gasteiger partial charge on any atom is 0.123 e. The van der Waals surface area contributed by atoms with Crippen molar-refractivity contribution < 1.29 is 9.50 Å². The summed E-state index contributed by atoms with van der Waals surface area (Å²) in [5.41, 5.74) is 12.0. The molecule has 72 valence electrons. The Morgan fingerprint density at radius 3 is 2.62 bits per heavy atom. The minimum Gasteiger partial charge on any atom is -0.398 e. The molecule has 0 bridgehead atoms. The van der Waals surface area contributed by atoms with Gasteiger partial charge in [-0.2, -0.15) is 0 Å². The lowest BCUT2D eigenvalue weighted by atomic mass is 10.0. The van der Waals surface area contributed by atoms with Crippen molar-refractivity contribution in [3.8, 4) is 0 Å². The van der Waals surface area contributed by atoms with Crippen molar-refractivity contribution in [1.29, 1.82) is 0 Å². The molecule has 0 saturated carbocycles. The standard InChI is InChI=1S/C9H13FN2O/c1-5(13)9(12)7-4-6(10)2-3-8(7)11/h2-5,9,13H,11-12H2,1H3/t5-,9-/m0/s1. The highest BCUT2D eigenvalue weighted by Gasteiger charge is 2.15. The van der Waals surface area contributed by atoms with E-state index >= 15 is 0 Å². The Kier molecular flexibility index (Phi) is 2.85. The fraction of sp³-hybridized carbons (Fsp3) is 0.333. The Morgan fingerprint density at radius 1 is 1.46 bits per heavy atom. The molecule has 0 aliphatic rings. The van der Waals surface area contributed by atoms with Crippen molar-refractivity contribution in [3.63, 3.8) is 0 Å². The number of anilines is 1. The summed E-state index contributed by atoms with van der Waals surface area (Å²) in [5, 5.41) is 9.19. The van der Waals surface area contributed by atoms with Crippen molar-refractivity contribution in [3.05, 3.63) is 29.6 Å². The van der Waals surface area contributed by atoms with Gasteiger partial charge in [-0.1, -0.05) is 0 Å². The third-order valence-electron chi connectivity index (χ3n) is 1.93. The van der Waals surface area contributed by atoms with Crippen molar-refractivity contribution in [1.82, 2.24) is 0 Å². The molecule has 4 heteroatoms.